The van der Waals surface area contributed by atoms with E-state index in [1.54, 1.807) is 20.3 Å². The third-order valence-electron chi connectivity index (χ3n) is 5.08. The van der Waals surface area contributed by atoms with Gasteiger partial charge in [0.05, 0.1) is 25.9 Å². The van der Waals surface area contributed by atoms with E-state index in [0.29, 0.717) is 31.2 Å². The zero-order valence-corrected chi connectivity index (χ0v) is 18.0. The standard InChI is InChI=1S/C18H24N4O5S2/c1-20(2)18(23)16-15(13-4-3-5-19-17(13)28-16)14-12-22(8-11-27-14)29(24,25)21-6-9-26-10-7-21/h3-5,14H,6-12H2,1-2H3. The van der Waals surface area contributed by atoms with E-state index in [1.165, 1.54) is 24.8 Å². The Labute approximate surface area is 174 Å². The molecule has 9 nitrogen and oxygen atoms in total. The van der Waals surface area contributed by atoms with Crippen LogP contribution in [-0.4, -0.2) is 92.9 Å². The van der Waals surface area contributed by atoms with Gasteiger partial charge in [-0.3, -0.25) is 4.79 Å². The molecular formula is C18H24N4O5S2. The minimum absolute atomic E-state index is 0.139. The molecular weight excluding hydrogens is 416 g/mol. The zero-order valence-electron chi connectivity index (χ0n) is 16.4. The molecule has 2 aromatic heterocycles. The molecule has 29 heavy (non-hydrogen) atoms. The van der Waals surface area contributed by atoms with Gasteiger partial charge in [0.15, 0.2) is 0 Å². The molecule has 0 aliphatic carbocycles. The van der Waals surface area contributed by atoms with Gasteiger partial charge in [-0.25, -0.2) is 4.98 Å². The highest BCUT2D eigenvalue weighted by molar-refractivity contribution is 7.86. The van der Waals surface area contributed by atoms with Gasteiger partial charge in [-0.05, 0) is 6.07 Å². The summed E-state index contributed by atoms with van der Waals surface area (Å²) in [7, 11) is -0.222. The number of hydrogen-bond acceptors (Lipinski definition) is 7. The first kappa shape index (κ1) is 20.6. The molecule has 1 unspecified atom stereocenters. The Morgan fingerprint density at radius 3 is 2.66 bits per heavy atom. The van der Waals surface area contributed by atoms with Crippen LogP contribution in [-0.2, 0) is 19.7 Å². The molecule has 2 aliphatic rings. The van der Waals surface area contributed by atoms with Gasteiger partial charge in [0.1, 0.15) is 9.71 Å². The number of ether oxygens (including phenoxy) is 2. The van der Waals surface area contributed by atoms with Crippen molar-refractivity contribution < 1.29 is 22.7 Å². The molecule has 1 atom stereocenters. The van der Waals surface area contributed by atoms with Crippen LogP contribution in [0.25, 0.3) is 10.2 Å². The van der Waals surface area contributed by atoms with E-state index < -0.39 is 16.3 Å². The second-order valence-electron chi connectivity index (χ2n) is 7.14. The first-order valence-electron chi connectivity index (χ1n) is 9.43. The zero-order chi connectivity index (χ0) is 20.6. The average Bonchev–Trinajstić information content (AvgIpc) is 3.13. The Balaban J connectivity index is 1.69. The Kier molecular flexibility index (Phi) is 5.87. The van der Waals surface area contributed by atoms with Crippen molar-refractivity contribution in [3.63, 3.8) is 0 Å². The number of morpholine rings is 2. The SMILES string of the molecule is CN(C)C(=O)c1sc2ncccc2c1C1CN(S(=O)(=O)N2CCOCC2)CCO1. The predicted octanol–water partition coefficient (Wildman–Crippen LogP) is 0.948. The number of rotatable bonds is 4. The molecule has 2 fully saturated rings. The van der Waals surface area contributed by atoms with Crippen LogP contribution >= 0.6 is 11.3 Å². The van der Waals surface area contributed by atoms with Crippen molar-refractivity contribution in [2.24, 2.45) is 0 Å². The maximum absolute atomic E-state index is 13.1. The van der Waals surface area contributed by atoms with Gasteiger partial charge in [-0.15, -0.1) is 11.3 Å². The second kappa shape index (κ2) is 8.25. The highest BCUT2D eigenvalue weighted by Gasteiger charge is 2.37. The smallest absolute Gasteiger partial charge is 0.282 e. The molecule has 0 bridgehead atoms. The molecule has 2 saturated heterocycles. The van der Waals surface area contributed by atoms with Crippen molar-refractivity contribution in [2.75, 3.05) is 60.1 Å². The van der Waals surface area contributed by atoms with E-state index in [-0.39, 0.29) is 25.6 Å². The van der Waals surface area contributed by atoms with E-state index in [1.807, 2.05) is 12.1 Å². The van der Waals surface area contributed by atoms with Crippen LogP contribution in [0.4, 0.5) is 0 Å². The number of thiophene rings is 1. The maximum atomic E-state index is 13.1. The molecule has 1 amide bonds. The minimum Gasteiger partial charge on any atom is -0.379 e. The topological polar surface area (TPSA) is 92.3 Å². The van der Waals surface area contributed by atoms with Gasteiger partial charge >= 0.3 is 0 Å². The molecule has 4 heterocycles. The lowest BCUT2D eigenvalue weighted by Gasteiger charge is -2.37. The first-order valence-corrected chi connectivity index (χ1v) is 11.6. The fourth-order valence-electron chi connectivity index (χ4n) is 3.58. The molecule has 11 heteroatoms. The fraction of sp³-hybridized carbons (Fsp3) is 0.556. The number of carbonyl (C=O) groups excluding carboxylic acids is 1. The Hall–Kier alpha value is -1.63. The highest BCUT2D eigenvalue weighted by atomic mass is 32.2. The summed E-state index contributed by atoms with van der Waals surface area (Å²) in [5.74, 6) is -0.139. The fourth-order valence-corrected chi connectivity index (χ4v) is 6.37. The lowest BCUT2D eigenvalue weighted by atomic mass is 10.0. The summed E-state index contributed by atoms with van der Waals surface area (Å²) in [6, 6.07) is 3.72. The third kappa shape index (κ3) is 3.90. The van der Waals surface area contributed by atoms with Crippen molar-refractivity contribution in [3.05, 3.63) is 28.8 Å². The second-order valence-corrected chi connectivity index (χ2v) is 10.1. The monoisotopic (exact) mass is 440 g/mol. The number of fused-ring (bicyclic) bond motifs is 1. The molecule has 0 aromatic carbocycles. The molecule has 0 saturated carbocycles. The Morgan fingerprint density at radius 2 is 1.93 bits per heavy atom. The molecule has 158 valence electrons. The number of nitrogens with zero attached hydrogens (tertiary/aromatic N) is 4. The van der Waals surface area contributed by atoms with Crippen LogP contribution in [0.15, 0.2) is 18.3 Å². The lowest BCUT2D eigenvalue weighted by Crippen LogP contribution is -2.52. The highest BCUT2D eigenvalue weighted by Crippen LogP contribution is 2.38. The molecule has 4 rings (SSSR count). The summed E-state index contributed by atoms with van der Waals surface area (Å²) >= 11 is 1.31. The van der Waals surface area contributed by atoms with E-state index in [9.17, 15) is 13.2 Å². The number of pyridine rings is 1. The summed E-state index contributed by atoms with van der Waals surface area (Å²) in [6.07, 6.45) is 1.15. The third-order valence-corrected chi connectivity index (χ3v) is 8.20. The minimum atomic E-state index is -3.61. The first-order chi connectivity index (χ1) is 13.9. The van der Waals surface area contributed by atoms with Gasteiger partial charge in [-0.2, -0.15) is 17.0 Å². The van der Waals surface area contributed by atoms with Crippen LogP contribution < -0.4 is 0 Å². The number of carbonyl (C=O) groups is 1. The quantitative estimate of drug-likeness (QED) is 0.703. The van der Waals surface area contributed by atoms with Gasteiger partial charge in [0.25, 0.3) is 16.1 Å². The molecule has 0 radical (unpaired) electrons. The van der Waals surface area contributed by atoms with Crippen molar-refractivity contribution >= 4 is 37.7 Å². The predicted molar refractivity (Wildman–Crippen MR) is 109 cm³/mol. The molecule has 2 aromatic rings. The van der Waals surface area contributed by atoms with E-state index in [2.05, 4.69) is 4.98 Å². The van der Waals surface area contributed by atoms with Gasteiger partial charge < -0.3 is 14.4 Å². The average molecular weight is 441 g/mol. The van der Waals surface area contributed by atoms with Crippen LogP contribution in [0.2, 0.25) is 0 Å². The number of amides is 1. The van der Waals surface area contributed by atoms with Crippen molar-refractivity contribution in [3.8, 4) is 0 Å². The summed E-state index contributed by atoms with van der Waals surface area (Å²) in [4.78, 5) is 20.0. The van der Waals surface area contributed by atoms with Gasteiger partial charge in [0, 0.05) is 57.4 Å². The summed E-state index contributed by atoms with van der Waals surface area (Å²) in [5, 5.41) is 0.832. The molecule has 0 N–H and O–H groups in total. The molecule has 2 aliphatic heterocycles. The van der Waals surface area contributed by atoms with Crippen molar-refractivity contribution in [1.82, 2.24) is 18.5 Å². The Bertz CT molecular complexity index is 1000. The van der Waals surface area contributed by atoms with Crippen LogP contribution in [0.3, 0.4) is 0 Å². The number of hydrogen-bond donors (Lipinski definition) is 0. The van der Waals surface area contributed by atoms with E-state index in [0.717, 1.165) is 15.8 Å². The van der Waals surface area contributed by atoms with Gasteiger partial charge in [0.2, 0.25) is 0 Å². The van der Waals surface area contributed by atoms with Gasteiger partial charge in [-0.1, -0.05) is 6.07 Å². The van der Waals surface area contributed by atoms with Crippen LogP contribution in [0, 0.1) is 0 Å². The van der Waals surface area contributed by atoms with Crippen molar-refractivity contribution in [1.29, 1.82) is 0 Å². The summed E-state index contributed by atoms with van der Waals surface area (Å²) in [6.45, 7) is 2.20. The van der Waals surface area contributed by atoms with Crippen molar-refractivity contribution in [2.45, 2.75) is 6.10 Å². The summed E-state index contributed by atoms with van der Waals surface area (Å²) < 4.78 is 40.4. The lowest BCUT2D eigenvalue weighted by molar-refractivity contribution is -0.00568. The normalized spacial score (nSPS) is 22.1. The Morgan fingerprint density at radius 1 is 1.21 bits per heavy atom. The summed E-state index contributed by atoms with van der Waals surface area (Å²) in [5.41, 5.74) is 0.721. The van der Waals surface area contributed by atoms with E-state index in [4.69, 9.17) is 9.47 Å². The largest absolute Gasteiger partial charge is 0.379 e. The number of aromatic nitrogens is 1. The van der Waals surface area contributed by atoms with Crippen LogP contribution in [0.1, 0.15) is 21.3 Å². The molecule has 0 spiro atoms. The van der Waals surface area contributed by atoms with E-state index >= 15 is 0 Å². The maximum Gasteiger partial charge on any atom is 0.282 e. The van der Waals surface area contributed by atoms with Crippen LogP contribution in [0.5, 0.6) is 0 Å².